The first kappa shape index (κ1) is 67.3. The third-order valence-electron chi connectivity index (χ3n) is 14.6. The van der Waals surface area contributed by atoms with Crippen LogP contribution in [0.15, 0.2) is 36.5 Å². The zero-order valence-electron chi connectivity index (χ0n) is 45.9. The molecule has 0 spiro atoms. The molecule has 14 nitrogen and oxygen atoms in total. The van der Waals surface area contributed by atoms with Crippen molar-refractivity contribution in [1.29, 1.82) is 0 Å². The SMILES string of the molecule is CCCCC/C=C\C/C=C\CCCCCCCCCCCC(=O)NC(COC1OC(CO)C(OC2OC(CO)C(O)C(O)C2O)C(O)C1O)C(O)/C=C/CCCCCCCCCCCCCCCCCCCC. The van der Waals surface area contributed by atoms with Gasteiger partial charge in [-0.3, -0.25) is 4.79 Å². The summed E-state index contributed by atoms with van der Waals surface area (Å²) in [5, 5.41) is 87.1. The lowest BCUT2D eigenvalue weighted by atomic mass is 9.97. The minimum atomic E-state index is -1.79. The summed E-state index contributed by atoms with van der Waals surface area (Å²) in [6.07, 6.45) is 37.4. The lowest BCUT2D eigenvalue weighted by Crippen LogP contribution is -2.65. The molecule has 0 aromatic carbocycles. The van der Waals surface area contributed by atoms with Gasteiger partial charge in [-0.2, -0.15) is 0 Å². The van der Waals surface area contributed by atoms with Crippen molar-refractivity contribution in [3.8, 4) is 0 Å². The van der Waals surface area contributed by atoms with E-state index in [1.165, 1.54) is 161 Å². The summed E-state index contributed by atoms with van der Waals surface area (Å²) in [5.41, 5.74) is 0. The minimum absolute atomic E-state index is 0.243. The number of carbonyl (C=O) groups excluding carboxylic acids is 1. The van der Waals surface area contributed by atoms with Gasteiger partial charge in [0.15, 0.2) is 12.6 Å². The highest BCUT2D eigenvalue weighted by Gasteiger charge is 2.51. The van der Waals surface area contributed by atoms with Crippen molar-refractivity contribution in [2.75, 3.05) is 19.8 Å². The fourth-order valence-corrected chi connectivity index (χ4v) is 9.73. The van der Waals surface area contributed by atoms with Crippen LogP contribution in [0.25, 0.3) is 0 Å². The normalized spacial score (nSPS) is 25.6. The molecule has 1 amide bonds. The van der Waals surface area contributed by atoms with Crippen molar-refractivity contribution in [1.82, 2.24) is 5.32 Å². The second-order valence-corrected chi connectivity index (χ2v) is 21.1. The molecule has 12 unspecified atom stereocenters. The Kier molecular flexibility index (Phi) is 41.7. The predicted molar refractivity (Wildman–Crippen MR) is 291 cm³/mol. The quantitative estimate of drug-likeness (QED) is 0.0205. The Balaban J connectivity index is 1.78. The topological polar surface area (TPSA) is 228 Å². The van der Waals surface area contributed by atoms with E-state index in [0.717, 1.165) is 51.4 Å². The van der Waals surface area contributed by atoms with E-state index in [9.17, 15) is 45.6 Å². The van der Waals surface area contributed by atoms with Crippen LogP contribution in [-0.2, 0) is 23.7 Å². The van der Waals surface area contributed by atoms with Crippen molar-refractivity contribution in [2.24, 2.45) is 0 Å². The number of aliphatic hydroxyl groups excluding tert-OH is 8. The molecule has 2 aliphatic heterocycles. The van der Waals surface area contributed by atoms with Gasteiger partial charge >= 0.3 is 0 Å². The standard InChI is InChI=1S/C59H109NO13/c1-3-5-7-9-11-13-15-17-19-21-23-25-26-28-30-32-34-36-38-40-42-48(63)47(60-51(64)43-41-39-37-35-33-31-29-27-24-22-20-18-16-14-12-10-8-6-4-2)46-70-58-56(69)54(67)57(50(45-62)72-58)73-59-55(68)53(66)52(65)49(44-61)71-59/h12,14,18,20,40,42,47-50,52-59,61-63,65-69H,3-11,13,15-17,19,21-39,41,43-46H2,1-2H3,(H,60,64)/b14-12-,20-18-,42-40+. The summed E-state index contributed by atoms with van der Waals surface area (Å²) in [4.78, 5) is 13.2. The van der Waals surface area contributed by atoms with Crippen LogP contribution < -0.4 is 5.32 Å². The average molecular weight is 1040 g/mol. The summed E-state index contributed by atoms with van der Waals surface area (Å²) in [5.74, 6) is -0.243. The predicted octanol–water partition coefficient (Wildman–Crippen LogP) is 9.83. The summed E-state index contributed by atoms with van der Waals surface area (Å²) in [7, 11) is 0. The molecule has 14 heteroatoms. The zero-order chi connectivity index (χ0) is 53.2. The van der Waals surface area contributed by atoms with Gasteiger partial charge in [0.1, 0.15) is 48.8 Å². The summed E-state index contributed by atoms with van der Waals surface area (Å²) in [6, 6.07) is -0.916. The van der Waals surface area contributed by atoms with Gasteiger partial charge in [-0.15, -0.1) is 0 Å². The molecule has 9 N–H and O–H groups in total. The van der Waals surface area contributed by atoms with E-state index in [1.54, 1.807) is 6.08 Å². The number of nitrogens with one attached hydrogen (secondary N) is 1. The van der Waals surface area contributed by atoms with E-state index >= 15 is 0 Å². The van der Waals surface area contributed by atoms with Crippen LogP contribution in [0.2, 0.25) is 0 Å². The molecule has 0 aromatic heterocycles. The Labute approximate surface area is 442 Å². The van der Waals surface area contributed by atoms with Crippen molar-refractivity contribution in [2.45, 2.75) is 312 Å². The van der Waals surface area contributed by atoms with Crippen LogP contribution in [0.4, 0.5) is 0 Å². The Bertz CT molecular complexity index is 1370. The van der Waals surface area contributed by atoms with E-state index in [1.807, 2.05) is 6.08 Å². The smallest absolute Gasteiger partial charge is 0.220 e. The van der Waals surface area contributed by atoms with Gasteiger partial charge in [0.25, 0.3) is 0 Å². The molecule has 428 valence electrons. The zero-order valence-corrected chi connectivity index (χ0v) is 45.9. The average Bonchev–Trinajstić information content (AvgIpc) is 3.39. The first-order valence-electron chi connectivity index (χ1n) is 29.7. The second kappa shape index (κ2) is 45.3. The molecule has 2 fully saturated rings. The van der Waals surface area contributed by atoms with Crippen molar-refractivity contribution >= 4 is 5.91 Å². The molecule has 2 saturated heterocycles. The van der Waals surface area contributed by atoms with Crippen LogP contribution in [-0.4, -0.2) is 140 Å². The number of ether oxygens (including phenoxy) is 4. The minimum Gasteiger partial charge on any atom is -0.394 e. The molecule has 2 aliphatic rings. The highest BCUT2D eigenvalue weighted by Crippen LogP contribution is 2.30. The number of allylic oxidation sites excluding steroid dienone is 5. The maximum absolute atomic E-state index is 13.2. The lowest BCUT2D eigenvalue weighted by Gasteiger charge is -2.46. The Morgan fingerprint density at radius 3 is 1.40 bits per heavy atom. The fourth-order valence-electron chi connectivity index (χ4n) is 9.73. The first-order valence-corrected chi connectivity index (χ1v) is 29.7. The molecule has 12 atom stereocenters. The lowest BCUT2D eigenvalue weighted by molar-refractivity contribution is -0.359. The first-order chi connectivity index (χ1) is 35.6. The number of hydrogen-bond donors (Lipinski definition) is 9. The molecule has 0 aromatic rings. The highest BCUT2D eigenvalue weighted by atomic mass is 16.7. The maximum Gasteiger partial charge on any atom is 0.220 e. The molecule has 2 heterocycles. The number of unbranched alkanes of at least 4 members (excludes halogenated alkanes) is 30. The number of carbonyl (C=O) groups is 1. The van der Waals surface area contributed by atoms with Gasteiger partial charge in [-0.05, 0) is 51.4 Å². The summed E-state index contributed by atoms with van der Waals surface area (Å²) in [6.45, 7) is 2.79. The molecule has 0 bridgehead atoms. The van der Waals surface area contributed by atoms with E-state index in [-0.39, 0.29) is 18.9 Å². The molecule has 0 radical (unpaired) electrons. The Hall–Kier alpha value is -1.79. The van der Waals surface area contributed by atoms with E-state index < -0.39 is 86.8 Å². The third-order valence-corrected chi connectivity index (χ3v) is 14.6. The van der Waals surface area contributed by atoms with Gasteiger partial charge in [0, 0.05) is 6.42 Å². The van der Waals surface area contributed by atoms with Gasteiger partial charge in [0.2, 0.25) is 5.91 Å². The highest BCUT2D eigenvalue weighted by molar-refractivity contribution is 5.76. The summed E-state index contributed by atoms with van der Waals surface area (Å²) < 4.78 is 22.8. The molecular formula is C59H109NO13. The third kappa shape index (κ3) is 31.3. The molecular weight excluding hydrogens is 931 g/mol. The molecule has 0 aliphatic carbocycles. The van der Waals surface area contributed by atoms with Gasteiger partial charge in [-0.25, -0.2) is 0 Å². The van der Waals surface area contributed by atoms with Crippen LogP contribution in [0.5, 0.6) is 0 Å². The molecule has 2 rings (SSSR count). The maximum atomic E-state index is 13.2. The van der Waals surface area contributed by atoms with E-state index in [0.29, 0.717) is 6.42 Å². The monoisotopic (exact) mass is 1040 g/mol. The number of aliphatic hydroxyl groups is 8. The largest absolute Gasteiger partial charge is 0.394 e. The number of hydrogen-bond acceptors (Lipinski definition) is 13. The van der Waals surface area contributed by atoms with Crippen molar-refractivity contribution in [3.05, 3.63) is 36.5 Å². The molecule has 0 saturated carbocycles. The second-order valence-electron chi connectivity index (χ2n) is 21.1. The Morgan fingerprint density at radius 2 is 0.904 bits per heavy atom. The van der Waals surface area contributed by atoms with Gasteiger partial charge in [-0.1, -0.05) is 217 Å². The number of rotatable bonds is 47. The van der Waals surface area contributed by atoms with Crippen LogP contribution >= 0.6 is 0 Å². The van der Waals surface area contributed by atoms with E-state index in [4.69, 9.17) is 18.9 Å². The van der Waals surface area contributed by atoms with Crippen LogP contribution in [0.3, 0.4) is 0 Å². The molecule has 73 heavy (non-hydrogen) atoms. The van der Waals surface area contributed by atoms with E-state index in [2.05, 4.69) is 43.5 Å². The Morgan fingerprint density at radius 1 is 0.493 bits per heavy atom. The van der Waals surface area contributed by atoms with Crippen molar-refractivity contribution in [3.63, 3.8) is 0 Å². The van der Waals surface area contributed by atoms with Crippen LogP contribution in [0.1, 0.15) is 239 Å². The van der Waals surface area contributed by atoms with Crippen LogP contribution in [0, 0.1) is 0 Å². The fraction of sp³-hybridized carbons (Fsp3) is 0.881. The van der Waals surface area contributed by atoms with Gasteiger partial charge in [0.05, 0.1) is 32.0 Å². The number of amides is 1. The van der Waals surface area contributed by atoms with Gasteiger partial charge < -0.3 is 65.1 Å². The summed E-state index contributed by atoms with van der Waals surface area (Å²) >= 11 is 0. The van der Waals surface area contributed by atoms with Crippen molar-refractivity contribution < 1.29 is 64.6 Å².